The lowest BCUT2D eigenvalue weighted by molar-refractivity contribution is -0.130. The summed E-state index contributed by atoms with van der Waals surface area (Å²) in [6, 6.07) is 8.71. The first kappa shape index (κ1) is 16.3. The Hall–Kier alpha value is -2.14. The van der Waals surface area contributed by atoms with Crippen LogP contribution in [0.15, 0.2) is 36.7 Å². The van der Waals surface area contributed by atoms with Crippen molar-refractivity contribution in [1.82, 2.24) is 19.6 Å². The third-order valence-corrected chi connectivity index (χ3v) is 5.44. The van der Waals surface area contributed by atoms with E-state index >= 15 is 0 Å². The van der Waals surface area contributed by atoms with Crippen molar-refractivity contribution in [1.29, 1.82) is 0 Å². The number of likely N-dealkylation sites (tertiary alicyclic amines) is 2. The number of hydrogen-bond donors (Lipinski definition) is 0. The van der Waals surface area contributed by atoms with Crippen LogP contribution in [0.3, 0.4) is 0 Å². The Labute approximate surface area is 149 Å². The van der Waals surface area contributed by atoms with Crippen molar-refractivity contribution in [2.45, 2.75) is 45.2 Å². The number of amides is 1. The van der Waals surface area contributed by atoms with Crippen molar-refractivity contribution < 1.29 is 4.79 Å². The molecule has 0 radical (unpaired) electrons. The zero-order valence-corrected chi connectivity index (χ0v) is 14.9. The highest BCUT2D eigenvalue weighted by atomic mass is 16.2. The molecular weight excluding hydrogens is 312 g/mol. The topological polar surface area (TPSA) is 41.4 Å². The first-order valence-corrected chi connectivity index (χ1v) is 9.32. The van der Waals surface area contributed by atoms with Gasteiger partial charge < -0.3 is 4.90 Å². The molecule has 1 amide bonds. The molecule has 0 bridgehead atoms. The van der Waals surface area contributed by atoms with Crippen molar-refractivity contribution >= 4 is 5.91 Å². The molecule has 0 aliphatic carbocycles. The Morgan fingerprint density at radius 2 is 2.08 bits per heavy atom. The van der Waals surface area contributed by atoms with Crippen LogP contribution in [0.25, 0.3) is 5.69 Å². The smallest absolute Gasteiger partial charge is 0.222 e. The molecule has 2 fully saturated rings. The number of para-hydroxylation sites is 1. The SMILES string of the molecule is Cc1ccccc1-n1cc(CN2CCC[C@H](N3CCCC3=O)C2)cn1. The van der Waals surface area contributed by atoms with E-state index in [1.54, 1.807) is 0 Å². The summed E-state index contributed by atoms with van der Waals surface area (Å²) in [5.41, 5.74) is 3.59. The molecule has 1 aromatic heterocycles. The normalized spacial score (nSPS) is 21.9. The maximum Gasteiger partial charge on any atom is 0.222 e. The number of rotatable bonds is 4. The molecule has 0 N–H and O–H groups in total. The molecule has 1 atom stereocenters. The van der Waals surface area contributed by atoms with Gasteiger partial charge in [0.25, 0.3) is 0 Å². The van der Waals surface area contributed by atoms with E-state index in [-0.39, 0.29) is 0 Å². The summed E-state index contributed by atoms with van der Waals surface area (Å²) < 4.78 is 1.97. The lowest BCUT2D eigenvalue weighted by Gasteiger charge is -2.37. The molecule has 25 heavy (non-hydrogen) atoms. The van der Waals surface area contributed by atoms with Gasteiger partial charge in [-0.1, -0.05) is 18.2 Å². The highest BCUT2D eigenvalue weighted by Gasteiger charge is 2.31. The zero-order chi connectivity index (χ0) is 17.2. The average Bonchev–Trinajstić information content (AvgIpc) is 3.25. The molecule has 5 heteroatoms. The van der Waals surface area contributed by atoms with Gasteiger partial charge in [-0.3, -0.25) is 9.69 Å². The third kappa shape index (κ3) is 3.47. The van der Waals surface area contributed by atoms with E-state index in [1.807, 2.05) is 16.9 Å². The van der Waals surface area contributed by atoms with Gasteiger partial charge in [0.2, 0.25) is 5.91 Å². The van der Waals surface area contributed by atoms with Gasteiger partial charge in [0.05, 0.1) is 11.9 Å². The van der Waals surface area contributed by atoms with Crippen molar-refractivity contribution in [2.24, 2.45) is 0 Å². The van der Waals surface area contributed by atoms with Gasteiger partial charge in [0.1, 0.15) is 0 Å². The monoisotopic (exact) mass is 338 g/mol. The van der Waals surface area contributed by atoms with Gasteiger partial charge in [0.15, 0.2) is 0 Å². The summed E-state index contributed by atoms with van der Waals surface area (Å²) in [6.45, 7) is 6.06. The summed E-state index contributed by atoms with van der Waals surface area (Å²) in [4.78, 5) is 16.6. The average molecular weight is 338 g/mol. The van der Waals surface area contributed by atoms with Crippen molar-refractivity contribution in [3.63, 3.8) is 0 Å². The van der Waals surface area contributed by atoms with Gasteiger partial charge in [-0.05, 0) is 44.4 Å². The minimum Gasteiger partial charge on any atom is -0.338 e. The summed E-state index contributed by atoms with van der Waals surface area (Å²) >= 11 is 0. The number of carbonyl (C=O) groups excluding carboxylic acids is 1. The fraction of sp³-hybridized carbons (Fsp3) is 0.500. The lowest BCUT2D eigenvalue weighted by atomic mass is 10.0. The molecule has 1 aromatic carbocycles. The quantitative estimate of drug-likeness (QED) is 0.861. The Bertz CT molecular complexity index is 754. The Kier molecular flexibility index (Phi) is 4.57. The van der Waals surface area contributed by atoms with Crippen molar-refractivity contribution in [3.05, 3.63) is 47.8 Å². The summed E-state index contributed by atoms with van der Waals surface area (Å²) in [7, 11) is 0. The molecule has 2 aliphatic rings. The Balaban J connectivity index is 1.42. The number of hydrogen-bond acceptors (Lipinski definition) is 3. The molecular formula is C20H26N4O. The van der Waals surface area contributed by atoms with E-state index in [4.69, 9.17) is 0 Å². The minimum absolute atomic E-state index is 0.347. The van der Waals surface area contributed by atoms with E-state index in [2.05, 4.69) is 46.2 Å². The van der Waals surface area contributed by atoms with Gasteiger partial charge >= 0.3 is 0 Å². The predicted molar refractivity (Wildman–Crippen MR) is 97.5 cm³/mol. The van der Waals surface area contributed by atoms with Crippen LogP contribution in [0, 0.1) is 6.92 Å². The van der Waals surface area contributed by atoms with E-state index in [0.29, 0.717) is 11.9 Å². The number of aromatic nitrogens is 2. The molecule has 2 saturated heterocycles. The van der Waals surface area contributed by atoms with Crippen molar-refractivity contribution in [3.8, 4) is 5.69 Å². The predicted octanol–water partition coefficient (Wildman–Crippen LogP) is 2.77. The molecule has 5 nitrogen and oxygen atoms in total. The lowest BCUT2D eigenvalue weighted by Crippen LogP contribution is -2.48. The molecule has 132 valence electrons. The van der Waals surface area contributed by atoms with Crippen LogP contribution in [0.1, 0.15) is 36.8 Å². The van der Waals surface area contributed by atoms with Crippen LogP contribution in [-0.2, 0) is 11.3 Å². The first-order valence-electron chi connectivity index (χ1n) is 9.32. The summed E-state index contributed by atoms with van der Waals surface area (Å²) in [6.07, 6.45) is 8.17. The van der Waals surface area contributed by atoms with Crippen LogP contribution in [-0.4, -0.2) is 51.2 Å². The molecule has 0 unspecified atom stereocenters. The molecule has 4 rings (SSSR count). The van der Waals surface area contributed by atoms with Crippen LogP contribution < -0.4 is 0 Å². The van der Waals surface area contributed by atoms with E-state index in [0.717, 1.165) is 51.1 Å². The number of benzene rings is 1. The van der Waals surface area contributed by atoms with Gasteiger partial charge in [-0.2, -0.15) is 5.10 Å². The molecule has 0 spiro atoms. The maximum absolute atomic E-state index is 12.0. The van der Waals surface area contributed by atoms with Crippen LogP contribution in [0.5, 0.6) is 0 Å². The minimum atomic E-state index is 0.347. The highest BCUT2D eigenvalue weighted by molar-refractivity contribution is 5.78. The van der Waals surface area contributed by atoms with E-state index in [1.165, 1.54) is 17.5 Å². The molecule has 3 heterocycles. The number of carbonyl (C=O) groups is 1. The Morgan fingerprint density at radius 1 is 1.20 bits per heavy atom. The summed E-state index contributed by atoms with van der Waals surface area (Å²) in [5, 5.41) is 4.55. The van der Waals surface area contributed by atoms with Gasteiger partial charge in [-0.15, -0.1) is 0 Å². The first-order chi connectivity index (χ1) is 12.2. The standard InChI is InChI=1S/C20H26N4O/c1-16-6-2-3-8-19(16)24-14-17(12-21-24)13-22-10-4-7-18(15-22)23-11-5-9-20(23)25/h2-3,6,8,12,14,18H,4-5,7,9-11,13,15H2,1H3/t18-/m0/s1. The number of piperidine rings is 1. The molecule has 0 saturated carbocycles. The maximum atomic E-state index is 12.0. The zero-order valence-electron chi connectivity index (χ0n) is 14.9. The fourth-order valence-corrected chi connectivity index (χ4v) is 4.14. The largest absolute Gasteiger partial charge is 0.338 e. The second-order valence-corrected chi connectivity index (χ2v) is 7.30. The summed E-state index contributed by atoms with van der Waals surface area (Å²) in [5.74, 6) is 0.347. The fourth-order valence-electron chi connectivity index (χ4n) is 4.14. The number of aryl methyl sites for hydroxylation is 1. The Morgan fingerprint density at radius 3 is 2.88 bits per heavy atom. The van der Waals surface area contributed by atoms with E-state index < -0.39 is 0 Å². The van der Waals surface area contributed by atoms with Crippen molar-refractivity contribution in [2.75, 3.05) is 19.6 Å². The van der Waals surface area contributed by atoms with E-state index in [9.17, 15) is 4.79 Å². The van der Waals surface area contributed by atoms with Gasteiger partial charge in [-0.25, -0.2) is 4.68 Å². The van der Waals surface area contributed by atoms with Crippen LogP contribution >= 0.6 is 0 Å². The highest BCUT2D eigenvalue weighted by Crippen LogP contribution is 2.23. The van der Waals surface area contributed by atoms with Crippen LogP contribution in [0.4, 0.5) is 0 Å². The van der Waals surface area contributed by atoms with Crippen LogP contribution in [0.2, 0.25) is 0 Å². The number of nitrogens with zero attached hydrogens (tertiary/aromatic N) is 4. The second kappa shape index (κ2) is 7.00. The second-order valence-electron chi connectivity index (χ2n) is 7.30. The molecule has 2 aromatic rings. The van der Waals surface area contributed by atoms with Gasteiger partial charge in [0, 0.05) is 43.9 Å². The third-order valence-electron chi connectivity index (χ3n) is 5.44. The molecule has 2 aliphatic heterocycles.